The van der Waals surface area contributed by atoms with Crippen molar-refractivity contribution in [2.75, 3.05) is 13.1 Å². The first kappa shape index (κ1) is 18.2. The number of hydrogen-bond donors (Lipinski definition) is 2. The number of amides is 2. The fourth-order valence-corrected chi connectivity index (χ4v) is 3.14. The van der Waals surface area contributed by atoms with Crippen molar-refractivity contribution in [3.63, 3.8) is 0 Å². The smallest absolute Gasteiger partial charge is 0.287 e. The highest BCUT2D eigenvalue weighted by molar-refractivity contribution is 5.95. The lowest BCUT2D eigenvalue weighted by molar-refractivity contribution is -0.123. The predicted octanol–water partition coefficient (Wildman–Crippen LogP) is 2.18. The van der Waals surface area contributed by atoms with E-state index in [1.54, 1.807) is 19.1 Å². The Bertz CT molecular complexity index is 707. The maximum Gasteiger partial charge on any atom is 0.287 e. The molecule has 6 heteroatoms. The van der Waals surface area contributed by atoms with Crippen LogP contribution >= 0.6 is 0 Å². The molecule has 26 heavy (non-hydrogen) atoms. The summed E-state index contributed by atoms with van der Waals surface area (Å²) in [5, 5.41) is 5.70. The van der Waals surface area contributed by atoms with Crippen molar-refractivity contribution in [1.82, 2.24) is 15.5 Å². The predicted molar refractivity (Wildman–Crippen MR) is 98.5 cm³/mol. The van der Waals surface area contributed by atoms with Crippen LogP contribution in [0, 0.1) is 0 Å². The second-order valence-corrected chi connectivity index (χ2v) is 6.72. The number of benzene rings is 1. The van der Waals surface area contributed by atoms with Crippen molar-refractivity contribution in [3.8, 4) is 0 Å². The third-order valence-corrected chi connectivity index (χ3v) is 4.67. The molecule has 1 fully saturated rings. The van der Waals surface area contributed by atoms with Crippen LogP contribution in [0.2, 0.25) is 0 Å². The van der Waals surface area contributed by atoms with Crippen LogP contribution in [0.5, 0.6) is 0 Å². The number of carbonyl (C=O) groups excluding carboxylic acids is 2. The maximum atomic E-state index is 12.3. The van der Waals surface area contributed by atoms with Crippen LogP contribution in [-0.2, 0) is 11.3 Å². The molecule has 138 valence electrons. The van der Waals surface area contributed by atoms with Crippen LogP contribution < -0.4 is 10.6 Å². The Kier molecular flexibility index (Phi) is 6.07. The molecule has 1 unspecified atom stereocenters. The third kappa shape index (κ3) is 4.95. The van der Waals surface area contributed by atoms with E-state index in [0.717, 1.165) is 32.5 Å². The van der Waals surface area contributed by atoms with Gasteiger partial charge in [0.2, 0.25) is 5.91 Å². The second kappa shape index (κ2) is 8.67. The zero-order valence-corrected chi connectivity index (χ0v) is 15.0. The average Bonchev–Trinajstić information content (AvgIpc) is 3.19. The molecule has 2 heterocycles. The fraction of sp³-hybridized carbons (Fsp3) is 0.400. The number of piperidine rings is 1. The van der Waals surface area contributed by atoms with E-state index in [1.807, 2.05) is 6.07 Å². The highest BCUT2D eigenvalue weighted by Gasteiger charge is 2.24. The molecule has 1 aromatic heterocycles. The van der Waals surface area contributed by atoms with Gasteiger partial charge in [0.1, 0.15) is 6.04 Å². The largest absolute Gasteiger partial charge is 0.459 e. The van der Waals surface area contributed by atoms with Crippen LogP contribution in [0.15, 0.2) is 53.1 Å². The second-order valence-electron chi connectivity index (χ2n) is 6.72. The van der Waals surface area contributed by atoms with E-state index in [9.17, 15) is 9.59 Å². The van der Waals surface area contributed by atoms with E-state index in [2.05, 4.69) is 39.8 Å². The number of nitrogens with zero attached hydrogens (tertiary/aromatic N) is 1. The van der Waals surface area contributed by atoms with Gasteiger partial charge in [-0.1, -0.05) is 30.3 Å². The van der Waals surface area contributed by atoms with Crippen molar-refractivity contribution < 1.29 is 14.0 Å². The van der Waals surface area contributed by atoms with E-state index in [-0.39, 0.29) is 23.6 Å². The third-order valence-electron chi connectivity index (χ3n) is 4.67. The Labute approximate surface area is 153 Å². The van der Waals surface area contributed by atoms with E-state index in [4.69, 9.17) is 4.42 Å². The summed E-state index contributed by atoms with van der Waals surface area (Å²) in [6.45, 7) is 4.53. The first-order valence-electron chi connectivity index (χ1n) is 9.03. The lowest BCUT2D eigenvalue weighted by Crippen LogP contribution is -2.50. The molecule has 0 aliphatic carbocycles. The van der Waals surface area contributed by atoms with Gasteiger partial charge in [0.15, 0.2) is 5.76 Å². The van der Waals surface area contributed by atoms with Crippen LogP contribution in [0.1, 0.15) is 35.9 Å². The fourth-order valence-electron chi connectivity index (χ4n) is 3.14. The molecule has 0 bridgehead atoms. The van der Waals surface area contributed by atoms with Gasteiger partial charge < -0.3 is 15.1 Å². The first-order chi connectivity index (χ1) is 12.6. The molecule has 2 amide bonds. The molecule has 0 spiro atoms. The van der Waals surface area contributed by atoms with Crippen molar-refractivity contribution in [3.05, 3.63) is 60.1 Å². The van der Waals surface area contributed by atoms with Crippen molar-refractivity contribution in [1.29, 1.82) is 0 Å². The lowest BCUT2D eigenvalue weighted by Gasteiger charge is -2.32. The Hall–Kier alpha value is -2.60. The first-order valence-corrected chi connectivity index (χ1v) is 9.03. The molecule has 0 saturated carbocycles. The highest BCUT2D eigenvalue weighted by atomic mass is 16.3. The molecule has 2 aromatic rings. The number of hydrogen-bond acceptors (Lipinski definition) is 4. The normalized spacial score (nSPS) is 16.8. The molecule has 1 aliphatic heterocycles. The summed E-state index contributed by atoms with van der Waals surface area (Å²) in [5.74, 6) is -0.333. The van der Waals surface area contributed by atoms with Gasteiger partial charge >= 0.3 is 0 Å². The number of rotatable bonds is 6. The van der Waals surface area contributed by atoms with Crippen molar-refractivity contribution >= 4 is 11.8 Å². The summed E-state index contributed by atoms with van der Waals surface area (Å²) in [6, 6.07) is 13.2. The Morgan fingerprint density at radius 3 is 2.54 bits per heavy atom. The minimum absolute atomic E-state index is 0.150. The van der Waals surface area contributed by atoms with Gasteiger partial charge in [-0.15, -0.1) is 0 Å². The molecule has 1 aromatic carbocycles. The van der Waals surface area contributed by atoms with Crippen LogP contribution in [-0.4, -0.2) is 41.9 Å². The Morgan fingerprint density at radius 2 is 1.88 bits per heavy atom. The van der Waals surface area contributed by atoms with Gasteiger partial charge in [0, 0.05) is 25.7 Å². The molecule has 1 saturated heterocycles. The number of nitrogens with one attached hydrogen (secondary N) is 2. The summed E-state index contributed by atoms with van der Waals surface area (Å²) in [7, 11) is 0. The van der Waals surface area contributed by atoms with E-state index >= 15 is 0 Å². The molecule has 1 aliphatic rings. The summed E-state index contributed by atoms with van der Waals surface area (Å²) < 4.78 is 5.04. The molecule has 0 radical (unpaired) electrons. The summed E-state index contributed by atoms with van der Waals surface area (Å²) in [5.41, 5.74) is 1.31. The number of carbonyl (C=O) groups is 2. The standard InChI is InChI=1S/C20H25N3O3/c1-15(21-20(25)18-8-5-13-26-18)19(24)22-17-9-11-23(12-10-17)14-16-6-3-2-4-7-16/h2-8,13,15,17H,9-12,14H2,1H3,(H,21,25)(H,22,24). The molecule has 3 rings (SSSR count). The number of furan rings is 1. The van der Waals surface area contributed by atoms with E-state index in [0.29, 0.717) is 0 Å². The van der Waals surface area contributed by atoms with E-state index < -0.39 is 6.04 Å². The minimum atomic E-state index is -0.602. The van der Waals surface area contributed by atoms with Gasteiger partial charge in [-0.05, 0) is 37.5 Å². The number of likely N-dealkylation sites (tertiary alicyclic amines) is 1. The Balaban J connectivity index is 1.40. The molecule has 6 nitrogen and oxygen atoms in total. The zero-order valence-electron chi connectivity index (χ0n) is 15.0. The van der Waals surface area contributed by atoms with Crippen LogP contribution in [0.25, 0.3) is 0 Å². The molecule has 1 atom stereocenters. The Morgan fingerprint density at radius 1 is 1.15 bits per heavy atom. The zero-order chi connectivity index (χ0) is 18.4. The monoisotopic (exact) mass is 355 g/mol. The lowest BCUT2D eigenvalue weighted by atomic mass is 10.0. The quantitative estimate of drug-likeness (QED) is 0.833. The molecular weight excluding hydrogens is 330 g/mol. The van der Waals surface area contributed by atoms with Gasteiger partial charge in [-0.3, -0.25) is 14.5 Å². The average molecular weight is 355 g/mol. The SMILES string of the molecule is CC(NC(=O)c1ccco1)C(=O)NC1CCN(Cc2ccccc2)CC1. The molecular formula is C20H25N3O3. The van der Waals surface area contributed by atoms with Crippen molar-refractivity contribution in [2.45, 2.75) is 38.4 Å². The van der Waals surface area contributed by atoms with Gasteiger partial charge in [0.25, 0.3) is 5.91 Å². The van der Waals surface area contributed by atoms with Crippen molar-refractivity contribution in [2.24, 2.45) is 0 Å². The summed E-state index contributed by atoms with van der Waals surface area (Å²) >= 11 is 0. The van der Waals surface area contributed by atoms with Crippen LogP contribution in [0.4, 0.5) is 0 Å². The van der Waals surface area contributed by atoms with Crippen LogP contribution in [0.3, 0.4) is 0 Å². The summed E-state index contributed by atoms with van der Waals surface area (Å²) in [4.78, 5) is 26.7. The minimum Gasteiger partial charge on any atom is -0.459 e. The topological polar surface area (TPSA) is 74.6 Å². The van der Waals surface area contributed by atoms with Gasteiger partial charge in [-0.25, -0.2) is 0 Å². The van der Waals surface area contributed by atoms with Gasteiger partial charge in [0.05, 0.1) is 6.26 Å². The van der Waals surface area contributed by atoms with Gasteiger partial charge in [-0.2, -0.15) is 0 Å². The molecule has 2 N–H and O–H groups in total. The highest BCUT2D eigenvalue weighted by Crippen LogP contribution is 2.14. The maximum absolute atomic E-state index is 12.3. The van der Waals surface area contributed by atoms with E-state index in [1.165, 1.54) is 11.8 Å². The summed E-state index contributed by atoms with van der Waals surface area (Å²) in [6.07, 6.45) is 3.26.